The molecule has 28 heavy (non-hydrogen) atoms. The SMILES string of the molecule is Cc1cccnc1OC1CCN(CC(=O)N(Cc2ccccc2)C2CC2)CC1. The largest absolute Gasteiger partial charge is 0.474 e. The van der Waals surface area contributed by atoms with Gasteiger partial charge >= 0.3 is 0 Å². The average molecular weight is 380 g/mol. The summed E-state index contributed by atoms with van der Waals surface area (Å²) in [5.41, 5.74) is 2.28. The number of hydrogen-bond donors (Lipinski definition) is 0. The van der Waals surface area contributed by atoms with Crippen LogP contribution in [0.2, 0.25) is 0 Å². The zero-order chi connectivity index (χ0) is 19.3. The van der Waals surface area contributed by atoms with Crippen LogP contribution in [-0.2, 0) is 11.3 Å². The van der Waals surface area contributed by atoms with E-state index in [4.69, 9.17) is 4.74 Å². The number of pyridine rings is 1. The van der Waals surface area contributed by atoms with Crippen molar-refractivity contribution >= 4 is 5.91 Å². The first-order valence-corrected chi connectivity index (χ1v) is 10.3. The third kappa shape index (κ3) is 4.90. The number of hydrogen-bond acceptors (Lipinski definition) is 4. The van der Waals surface area contributed by atoms with Gasteiger partial charge in [0.25, 0.3) is 0 Å². The molecule has 0 spiro atoms. The van der Waals surface area contributed by atoms with Gasteiger partial charge in [0.1, 0.15) is 6.10 Å². The molecule has 2 aromatic rings. The van der Waals surface area contributed by atoms with Crippen molar-refractivity contribution in [1.82, 2.24) is 14.8 Å². The number of piperidine rings is 1. The molecule has 0 radical (unpaired) electrons. The first-order chi connectivity index (χ1) is 13.7. The number of ether oxygens (including phenoxy) is 1. The topological polar surface area (TPSA) is 45.7 Å². The summed E-state index contributed by atoms with van der Waals surface area (Å²) in [7, 11) is 0. The summed E-state index contributed by atoms with van der Waals surface area (Å²) < 4.78 is 6.08. The minimum Gasteiger partial charge on any atom is -0.474 e. The van der Waals surface area contributed by atoms with E-state index >= 15 is 0 Å². The van der Waals surface area contributed by atoms with Crippen LogP contribution < -0.4 is 4.74 Å². The minimum atomic E-state index is 0.184. The fourth-order valence-corrected chi connectivity index (χ4v) is 3.81. The first-order valence-electron chi connectivity index (χ1n) is 10.3. The highest BCUT2D eigenvalue weighted by atomic mass is 16.5. The fourth-order valence-electron chi connectivity index (χ4n) is 3.81. The number of carbonyl (C=O) groups excluding carboxylic acids is 1. The van der Waals surface area contributed by atoms with Crippen molar-refractivity contribution in [2.24, 2.45) is 0 Å². The zero-order valence-corrected chi connectivity index (χ0v) is 16.6. The molecule has 1 aliphatic carbocycles. The second kappa shape index (κ2) is 8.74. The Morgan fingerprint density at radius 3 is 2.54 bits per heavy atom. The van der Waals surface area contributed by atoms with E-state index in [1.807, 2.05) is 37.3 Å². The van der Waals surface area contributed by atoms with E-state index in [-0.39, 0.29) is 12.0 Å². The maximum absolute atomic E-state index is 13.0. The maximum atomic E-state index is 13.0. The summed E-state index contributed by atoms with van der Waals surface area (Å²) in [5, 5.41) is 0. The average Bonchev–Trinajstić information content (AvgIpc) is 3.55. The molecule has 1 aliphatic heterocycles. The van der Waals surface area contributed by atoms with Crippen LogP contribution >= 0.6 is 0 Å². The summed E-state index contributed by atoms with van der Waals surface area (Å²) in [5.74, 6) is 0.992. The Morgan fingerprint density at radius 1 is 1.11 bits per heavy atom. The van der Waals surface area contributed by atoms with Crippen LogP contribution in [0.1, 0.15) is 36.8 Å². The summed E-state index contributed by atoms with van der Waals surface area (Å²) >= 11 is 0. The van der Waals surface area contributed by atoms with E-state index in [2.05, 4.69) is 26.9 Å². The maximum Gasteiger partial charge on any atom is 0.237 e. The molecule has 148 valence electrons. The van der Waals surface area contributed by atoms with Crippen molar-refractivity contribution in [3.63, 3.8) is 0 Å². The molecule has 1 amide bonds. The van der Waals surface area contributed by atoms with E-state index in [9.17, 15) is 4.79 Å². The molecule has 5 heteroatoms. The van der Waals surface area contributed by atoms with Gasteiger partial charge in [-0.15, -0.1) is 0 Å². The molecular formula is C23H29N3O2. The molecule has 1 aromatic carbocycles. The monoisotopic (exact) mass is 379 g/mol. The van der Waals surface area contributed by atoms with Crippen LogP contribution in [0.3, 0.4) is 0 Å². The molecule has 1 aromatic heterocycles. The number of likely N-dealkylation sites (tertiary alicyclic amines) is 1. The van der Waals surface area contributed by atoms with Gasteiger partial charge in [-0.2, -0.15) is 0 Å². The summed E-state index contributed by atoms with van der Waals surface area (Å²) in [6, 6.07) is 14.7. The smallest absolute Gasteiger partial charge is 0.237 e. The molecular weight excluding hydrogens is 350 g/mol. The Bertz CT molecular complexity index is 783. The third-order valence-electron chi connectivity index (χ3n) is 5.64. The van der Waals surface area contributed by atoms with E-state index in [1.165, 1.54) is 5.56 Å². The molecule has 2 aliphatic rings. The normalized spacial score (nSPS) is 18.0. The molecule has 0 unspecified atom stereocenters. The van der Waals surface area contributed by atoms with Crippen molar-refractivity contribution in [3.05, 3.63) is 59.8 Å². The lowest BCUT2D eigenvalue weighted by Gasteiger charge is -2.33. The second-order valence-electron chi connectivity index (χ2n) is 7.96. The lowest BCUT2D eigenvalue weighted by molar-refractivity contribution is -0.134. The van der Waals surface area contributed by atoms with Crippen molar-refractivity contribution in [1.29, 1.82) is 0 Å². The van der Waals surface area contributed by atoms with Gasteiger partial charge in [-0.1, -0.05) is 36.4 Å². The molecule has 5 nitrogen and oxygen atoms in total. The molecule has 0 atom stereocenters. The van der Waals surface area contributed by atoms with Crippen molar-refractivity contribution in [3.8, 4) is 5.88 Å². The number of aromatic nitrogens is 1. The Labute approximate surface area is 167 Å². The Hall–Kier alpha value is -2.40. The number of nitrogens with zero attached hydrogens (tertiary/aromatic N) is 3. The van der Waals surface area contributed by atoms with Crippen LogP contribution in [0.4, 0.5) is 0 Å². The van der Waals surface area contributed by atoms with Gasteiger partial charge in [-0.3, -0.25) is 9.69 Å². The number of benzene rings is 1. The van der Waals surface area contributed by atoms with Gasteiger partial charge in [0.05, 0.1) is 6.54 Å². The highest BCUT2D eigenvalue weighted by Crippen LogP contribution is 2.29. The van der Waals surface area contributed by atoms with Gasteiger partial charge in [0, 0.05) is 37.4 Å². The Balaban J connectivity index is 1.27. The van der Waals surface area contributed by atoms with E-state index in [0.717, 1.165) is 56.8 Å². The molecule has 1 saturated heterocycles. The predicted molar refractivity (Wildman–Crippen MR) is 109 cm³/mol. The van der Waals surface area contributed by atoms with Crippen LogP contribution in [0.5, 0.6) is 5.88 Å². The Kier molecular flexibility index (Phi) is 5.91. The second-order valence-corrected chi connectivity index (χ2v) is 7.96. The number of amides is 1. The van der Waals surface area contributed by atoms with Crippen LogP contribution in [0, 0.1) is 6.92 Å². The Morgan fingerprint density at radius 2 is 1.86 bits per heavy atom. The first kappa shape index (κ1) is 18.9. The molecule has 0 bridgehead atoms. The number of rotatable bonds is 7. The highest BCUT2D eigenvalue weighted by Gasteiger charge is 2.33. The lowest BCUT2D eigenvalue weighted by atomic mass is 10.1. The molecule has 0 N–H and O–H groups in total. The molecule has 1 saturated carbocycles. The van der Waals surface area contributed by atoms with Crippen molar-refractivity contribution in [2.75, 3.05) is 19.6 Å². The van der Waals surface area contributed by atoms with Gasteiger partial charge in [-0.05, 0) is 44.2 Å². The predicted octanol–water partition coefficient (Wildman–Crippen LogP) is 3.42. The fraction of sp³-hybridized carbons (Fsp3) is 0.478. The quantitative estimate of drug-likeness (QED) is 0.739. The molecule has 2 fully saturated rings. The zero-order valence-electron chi connectivity index (χ0n) is 16.6. The number of carbonyl (C=O) groups is 1. The van der Waals surface area contributed by atoms with E-state index in [0.29, 0.717) is 12.6 Å². The van der Waals surface area contributed by atoms with Crippen molar-refractivity contribution < 1.29 is 9.53 Å². The van der Waals surface area contributed by atoms with Crippen LogP contribution in [0.25, 0.3) is 0 Å². The summed E-state index contributed by atoms with van der Waals surface area (Å²) in [6.45, 7) is 5.05. The molecule has 2 heterocycles. The summed E-state index contributed by atoms with van der Waals surface area (Å²) in [4.78, 5) is 21.6. The standard InChI is InChI=1S/C23H29N3O2/c1-18-6-5-13-24-23(18)28-21-11-14-25(15-12-21)17-22(27)26(20-9-10-20)16-19-7-3-2-4-8-19/h2-8,13,20-21H,9-12,14-17H2,1H3. The van der Waals surface area contributed by atoms with Gasteiger partial charge in [0.15, 0.2) is 0 Å². The van der Waals surface area contributed by atoms with Crippen LogP contribution in [-0.4, -0.2) is 52.5 Å². The van der Waals surface area contributed by atoms with Gasteiger partial charge in [0.2, 0.25) is 11.8 Å². The van der Waals surface area contributed by atoms with Gasteiger partial charge < -0.3 is 9.64 Å². The van der Waals surface area contributed by atoms with Gasteiger partial charge in [-0.25, -0.2) is 4.98 Å². The minimum absolute atomic E-state index is 0.184. The van der Waals surface area contributed by atoms with E-state index < -0.39 is 0 Å². The number of aryl methyl sites for hydroxylation is 1. The molecule has 4 rings (SSSR count). The third-order valence-corrected chi connectivity index (χ3v) is 5.64. The lowest BCUT2D eigenvalue weighted by Crippen LogP contribution is -2.45. The van der Waals surface area contributed by atoms with Crippen molar-refractivity contribution in [2.45, 2.75) is 51.3 Å². The van der Waals surface area contributed by atoms with Crippen LogP contribution in [0.15, 0.2) is 48.7 Å². The van der Waals surface area contributed by atoms with E-state index in [1.54, 1.807) is 6.20 Å². The highest BCUT2D eigenvalue weighted by molar-refractivity contribution is 5.79. The summed E-state index contributed by atoms with van der Waals surface area (Å²) in [6.07, 6.45) is 6.10.